The molecule has 3 nitrogen and oxygen atoms in total. The van der Waals surface area contributed by atoms with Gasteiger partial charge in [0.25, 0.3) is 0 Å². The van der Waals surface area contributed by atoms with Crippen molar-refractivity contribution in [1.82, 2.24) is 9.97 Å². The fourth-order valence-corrected chi connectivity index (χ4v) is 1.11. The van der Waals surface area contributed by atoms with Gasteiger partial charge in [-0.3, -0.25) is 0 Å². The average molecular weight is 240 g/mol. The number of hydrogen-bond donors (Lipinski definition) is 1. The molecule has 0 bridgehead atoms. The fourth-order valence-electron chi connectivity index (χ4n) is 0.879. The van der Waals surface area contributed by atoms with Gasteiger partial charge in [0.2, 0.25) is 5.95 Å². The van der Waals surface area contributed by atoms with Gasteiger partial charge in [0.05, 0.1) is 0 Å². The predicted octanol–water partition coefficient (Wildman–Crippen LogP) is 2.97. The quantitative estimate of drug-likeness (QED) is 0.807. The molecule has 1 aromatic rings. The monoisotopic (exact) mass is 239 g/mol. The Morgan fingerprint density at radius 2 is 2.00 bits per heavy atom. The Morgan fingerprint density at radius 3 is 2.40 bits per heavy atom. The molecule has 0 spiro atoms. The van der Waals surface area contributed by atoms with E-state index in [1.165, 1.54) is 0 Å². The summed E-state index contributed by atoms with van der Waals surface area (Å²) in [4.78, 5) is 7.02. The smallest absolute Gasteiger partial charge is 0.352 e. The van der Waals surface area contributed by atoms with Crippen molar-refractivity contribution in [2.24, 2.45) is 0 Å². The van der Waals surface area contributed by atoms with Gasteiger partial charge in [0, 0.05) is 12.2 Å². The summed E-state index contributed by atoms with van der Waals surface area (Å²) in [5.74, 6) is 0.0861. The summed E-state index contributed by atoms with van der Waals surface area (Å²) in [5, 5.41) is 2.15. The van der Waals surface area contributed by atoms with Gasteiger partial charge in [-0.05, 0) is 13.8 Å². The molecule has 0 radical (unpaired) electrons. The molecule has 1 heterocycles. The number of nitrogens with one attached hydrogen (secondary N) is 1. The number of halogens is 4. The molecule has 0 fully saturated rings. The number of anilines is 1. The van der Waals surface area contributed by atoms with E-state index in [4.69, 9.17) is 11.6 Å². The highest BCUT2D eigenvalue weighted by Gasteiger charge is 2.34. The topological polar surface area (TPSA) is 37.8 Å². The minimum absolute atomic E-state index is 0.0257. The molecule has 0 aliphatic heterocycles. The summed E-state index contributed by atoms with van der Waals surface area (Å²) >= 11 is 5.39. The van der Waals surface area contributed by atoms with Gasteiger partial charge >= 0.3 is 6.18 Å². The van der Waals surface area contributed by atoms with E-state index in [9.17, 15) is 13.2 Å². The highest BCUT2D eigenvalue weighted by molar-refractivity contribution is 6.30. The zero-order chi connectivity index (χ0) is 11.6. The molecule has 7 heteroatoms. The van der Waals surface area contributed by atoms with Gasteiger partial charge < -0.3 is 5.32 Å². The maximum absolute atomic E-state index is 12.3. The normalized spacial score (nSPS) is 11.9. The molecule has 0 saturated carbocycles. The summed E-state index contributed by atoms with van der Waals surface area (Å²) < 4.78 is 36.8. The maximum Gasteiger partial charge on any atom is 0.420 e. The minimum Gasteiger partial charge on any atom is -0.352 e. The van der Waals surface area contributed by atoms with E-state index in [0.717, 1.165) is 0 Å². The summed E-state index contributed by atoms with van der Waals surface area (Å²) in [7, 11) is 0. The molecular weight excluding hydrogens is 231 g/mol. The first-order chi connectivity index (χ1) is 6.80. The Balaban J connectivity index is 2.99. The molecule has 0 saturated heterocycles. The molecule has 1 N–H and O–H groups in total. The molecule has 0 aliphatic carbocycles. The van der Waals surface area contributed by atoms with Crippen molar-refractivity contribution < 1.29 is 13.2 Å². The van der Waals surface area contributed by atoms with Crippen molar-refractivity contribution in [3.63, 3.8) is 0 Å². The number of hydrogen-bond acceptors (Lipinski definition) is 3. The number of alkyl halides is 3. The zero-order valence-corrected chi connectivity index (χ0v) is 8.82. The van der Waals surface area contributed by atoms with Crippen LogP contribution in [0, 0.1) is 0 Å². The number of rotatable bonds is 2. The van der Waals surface area contributed by atoms with E-state index in [0.29, 0.717) is 6.20 Å². The lowest BCUT2D eigenvalue weighted by molar-refractivity contribution is -0.137. The molecule has 0 aliphatic rings. The minimum atomic E-state index is -4.52. The van der Waals surface area contributed by atoms with Crippen LogP contribution in [0.5, 0.6) is 0 Å². The van der Waals surface area contributed by atoms with Crippen molar-refractivity contribution >= 4 is 17.5 Å². The number of nitrogens with zero attached hydrogens (tertiary/aromatic N) is 2. The lowest BCUT2D eigenvalue weighted by Crippen LogP contribution is -2.14. The third-order valence-electron chi connectivity index (χ3n) is 1.47. The van der Waals surface area contributed by atoms with Crippen LogP contribution in [0.1, 0.15) is 19.4 Å². The van der Waals surface area contributed by atoms with Crippen LogP contribution in [0.2, 0.25) is 5.15 Å². The first kappa shape index (κ1) is 12.0. The van der Waals surface area contributed by atoms with E-state index in [2.05, 4.69) is 15.3 Å². The Bertz CT molecular complexity index is 351. The Labute approximate surface area is 89.7 Å². The third-order valence-corrected chi connectivity index (χ3v) is 1.75. The lowest BCUT2D eigenvalue weighted by Gasteiger charge is -2.11. The van der Waals surface area contributed by atoms with Crippen LogP contribution < -0.4 is 5.32 Å². The second kappa shape index (κ2) is 4.22. The zero-order valence-electron chi connectivity index (χ0n) is 8.06. The average Bonchev–Trinajstić information content (AvgIpc) is 1.99. The SMILES string of the molecule is CC(C)Nc1ncc(C(F)(F)F)c(Cl)n1. The summed E-state index contributed by atoms with van der Waals surface area (Å²) in [6.45, 7) is 3.63. The van der Waals surface area contributed by atoms with Crippen molar-refractivity contribution in [2.45, 2.75) is 26.1 Å². The first-order valence-corrected chi connectivity index (χ1v) is 4.54. The second-order valence-electron chi connectivity index (χ2n) is 3.19. The summed E-state index contributed by atoms with van der Waals surface area (Å²) in [6, 6.07) is 0.0257. The predicted molar refractivity (Wildman–Crippen MR) is 50.8 cm³/mol. The van der Waals surface area contributed by atoms with Crippen molar-refractivity contribution in [2.75, 3.05) is 5.32 Å². The highest BCUT2D eigenvalue weighted by atomic mass is 35.5. The van der Waals surface area contributed by atoms with Gasteiger partial charge in [-0.2, -0.15) is 13.2 Å². The van der Waals surface area contributed by atoms with Gasteiger partial charge in [-0.15, -0.1) is 0 Å². The van der Waals surface area contributed by atoms with Gasteiger partial charge in [0.15, 0.2) is 0 Å². The van der Waals surface area contributed by atoms with E-state index in [-0.39, 0.29) is 12.0 Å². The van der Waals surface area contributed by atoms with Crippen LogP contribution in [0.15, 0.2) is 6.20 Å². The molecular formula is C8H9ClF3N3. The third kappa shape index (κ3) is 3.23. The fraction of sp³-hybridized carbons (Fsp3) is 0.500. The van der Waals surface area contributed by atoms with Crippen LogP contribution in [0.3, 0.4) is 0 Å². The van der Waals surface area contributed by atoms with E-state index in [1.807, 2.05) is 13.8 Å². The molecule has 1 aromatic heterocycles. The van der Waals surface area contributed by atoms with Gasteiger partial charge in [0.1, 0.15) is 10.7 Å². The lowest BCUT2D eigenvalue weighted by atomic mass is 10.3. The second-order valence-corrected chi connectivity index (χ2v) is 3.55. The van der Waals surface area contributed by atoms with Crippen molar-refractivity contribution in [3.8, 4) is 0 Å². The van der Waals surface area contributed by atoms with E-state index in [1.54, 1.807) is 0 Å². The Morgan fingerprint density at radius 1 is 1.40 bits per heavy atom. The van der Waals surface area contributed by atoms with Crippen LogP contribution in [-0.2, 0) is 6.18 Å². The molecule has 0 amide bonds. The summed E-state index contributed by atoms with van der Waals surface area (Å²) in [5.41, 5.74) is -1.03. The highest BCUT2D eigenvalue weighted by Crippen LogP contribution is 2.33. The molecule has 1 rings (SSSR count). The molecule has 0 aromatic carbocycles. The molecule has 15 heavy (non-hydrogen) atoms. The van der Waals surface area contributed by atoms with E-state index < -0.39 is 16.9 Å². The largest absolute Gasteiger partial charge is 0.420 e. The molecule has 84 valence electrons. The van der Waals surface area contributed by atoms with Crippen molar-refractivity contribution in [3.05, 3.63) is 16.9 Å². The van der Waals surface area contributed by atoms with Crippen LogP contribution in [-0.4, -0.2) is 16.0 Å². The van der Waals surface area contributed by atoms with Crippen LogP contribution in [0.25, 0.3) is 0 Å². The molecule has 0 unspecified atom stereocenters. The Hall–Kier alpha value is -1.04. The van der Waals surface area contributed by atoms with E-state index >= 15 is 0 Å². The van der Waals surface area contributed by atoms with Gasteiger partial charge in [-0.25, -0.2) is 9.97 Å². The Kier molecular flexibility index (Phi) is 3.38. The first-order valence-electron chi connectivity index (χ1n) is 4.17. The summed E-state index contributed by atoms with van der Waals surface area (Å²) in [6.07, 6.45) is -3.85. The van der Waals surface area contributed by atoms with Crippen LogP contribution in [0.4, 0.5) is 19.1 Å². The maximum atomic E-state index is 12.3. The van der Waals surface area contributed by atoms with Crippen molar-refractivity contribution in [1.29, 1.82) is 0 Å². The standard InChI is InChI=1S/C8H9ClF3N3/c1-4(2)14-7-13-3-5(6(9)15-7)8(10,11)12/h3-4H,1-2H3,(H,13,14,15). The number of aromatic nitrogens is 2. The van der Waals surface area contributed by atoms with Gasteiger partial charge in [-0.1, -0.05) is 11.6 Å². The van der Waals surface area contributed by atoms with Crippen LogP contribution >= 0.6 is 11.6 Å². The molecule has 0 atom stereocenters.